The zero-order chi connectivity index (χ0) is 10.6. The van der Waals surface area contributed by atoms with Crippen molar-refractivity contribution in [2.24, 2.45) is 0 Å². The van der Waals surface area contributed by atoms with Crippen molar-refractivity contribution in [3.8, 4) is 0 Å². The fourth-order valence-electron chi connectivity index (χ4n) is 0.903. The Hall–Kier alpha value is -1.52. The number of carbonyl (C=O) groups is 1. The third-order valence-electron chi connectivity index (χ3n) is 1.52. The van der Waals surface area contributed by atoms with Crippen molar-refractivity contribution in [1.29, 1.82) is 0 Å². The molecule has 0 aliphatic carbocycles. The second-order valence-electron chi connectivity index (χ2n) is 2.53. The second-order valence-corrected chi connectivity index (χ2v) is 2.53. The van der Waals surface area contributed by atoms with Gasteiger partial charge in [-0.25, -0.2) is 13.6 Å². The van der Waals surface area contributed by atoms with Gasteiger partial charge in [-0.3, -0.25) is 4.98 Å². The number of nitrogens with zero attached hydrogens (tertiary/aromatic N) is 1. The fraction of sp³-hybridized carbons (Fsp3) is 0.333. The minimum atomic E-state index is -2.63. The van der Waals surface area contributed by atoms with Crippen LogP contribution in [0.4, 0.5) is 8.78 Å². The Kier molecular flexibility index (Phi) is 3.50. The van der Waals surface area contributed by atoms with E-state index >= 15 is 0 Å². The van der Waals surface area contributed by atoms with Crippen molar-refractivity contribution >= 4 is 5.97 Å². The summed E-state index contributed by atoms with van der Waals surface area (Å²) >= 11 is 0. The lowest BCUT2D eigenvalue weighted by Gasteiger charge is -2.03. The Labute approximate surface area is 79.7 Å². The summed E-state index contributed by atoms with van der Waals surface area (Å²) < 4.78 is 29.0. The molecule has 0 saturated carbocycles. The predicted molar refractivity (Wildman–Crippen MR) is 45.2 cm³/mol. The van der Waals surface area contributed by atoms with Gasteiger partial charge in [-0.1, -0.05) is 0 Å². The van der Waals surface area contributed by atoms with Crippen LogP contribution in [0.25, 0.3) is 0 Å². The minimum Gasteiger partial charge on any atom is -0.462 e. The highest BCUT2D eigenvalue weighted by molar-refractivity contribution is 5.89. The monoisotopic (exact) mass is 201 g/mol. The van der Waals surface area contributed by atoms with Crippen LogP contribution >= 0.6 is 0 Å². The molecule has 0 atom stereocenters. The number of carbonyl (C=O) groups excluding carboxylic acids is 1. The van der Waals surface area contributed by atoms with Crippen molar-refractivity contribution < 1.29 is 18.3 Å². The fourth-order valence-corrected chi connectivity index (χ4v) is 0.903. The van der Waals surface area contributed by atoms with E-state index in [4.69, 9.17) is 0 Å². The molecule has 0 aromatic carbocycles. The highest BCUT2D eigenvalue weighted by Gasteiger charge is 2.12. The molecule has 0 bridgehead atoms. The average Bonchev–Trinajstić information content (AvgIpc) is 2.18. The Morgan fingerprint density at radius 3 is 2.86 bits per heavy atom. The van der Waals surface area contributed by atoms with Crippen molar-refractivity contribution in [2.45, 2.75) is 13.3 Å². The van der Waals surface area contributed by atoms with E-state index in [1.165, 1.54) is 6.20 Å². The molecule has 0 N–H and O–H groups in total. The second kappa shape index (κ2) is 4.64. The molecule has 76 valence electrons. The first-order valence-electron chi connectivity index (χ1n) is 4.05. The van der Waals surface area contributed by atoms with Crippen molar-refractivity contribution in [2.75, 3.05) is 6.61 Å². The van der Waals surface area contributed by atoms with Crippen LogP contribution in [0.1, 0.15) is 29.3 Å². The first-order chi connectivity index (χ1) is 6.65. The predicted octanol–water partition coefficient (Wildman–Crippen LogP) is 2.20. The molecule has 0 saturated heterocycles. The molecule has 0 radical (unpaired) electrons. The van der Waals surface area contributed by atoms with Gasteiger partial charge in [0.25, 0.3) is 6.43 Å². The first kappa shape index (κ1) is 10.6. The number of aromatic nitrogens is 1. The topological polar surface area (TPSA) is 39.2 Å². The smallest absolute Gasteiger partial charge is 0.339 e. The maximum atomic E-state index is 12.2. The Bertz CT molecular complexity index is 328. The molecule has 5 heteroatoms. The molecule has 1 rings (SSSR count). The quantitative estimate of drug-likeness (QED) is 0.703. The zero-order valence-electron chi connectivity index (χ0n) is 7.54. The van der Waals surface area contributed by atoms with E-state index in [9.17, 15) is 13.6 Å². The molecule has 3 nitrogen and oxygen atoms in total. The van der Waals surface area contributed by atoms with Crippen molar-refractivity contribution in [3.05, 3.63) is 29.6 Å². The van der Waals surface area contributed by atoms with Crippen LogP contribution in [-0.4, -0.2) is 17.6 Å². The Balaban J connectivity index is 2.88. The molecule has 1 heterocycles. The molecule has 14 heavy (non-hydrogen) atoms. The number of pyridine rings is 1. The van der Waals surface area contributed by atoms with E-state index in [0.29, 0.717) is 0 Å². The van der Waals surface area contributed by atoms with Crippen molar-refractivity contribution in [1.82, 2.24) is 4.98 Å². The van der Waals surface area contributed by atoms with Gasteiger partial charge < -0.3 is 4.74 Å². The van der Waals surface area contributed by atoms with Gasteiger partial charge in [0.1, 0.15) is 0 Å². The van der Waals surface area contributed by atoms with Gasteiger partial charge in [0.05, 0.1) is 12.2 Å². The normalized spacial score (nSPS) is 10.3. The Morgan fingerprint density at radius 2 is 2.29 bits per heavy atom. The van der Waals surface area contributed by atoms with Crippen LogP contribution in [0.5, 0.6) is 0 Å². The summed E-state index contributed by atoms with van der Waals surface area (Å²) in [6, 6.07) is 1.08. The molecule has 0 amide bonds. The zero-order valence-corrected chi connectivity index (χ0v) is 7.54. The molecule has 0 aliphatic heterocycles. The van der Waals surface area contributed by atoms with E-state index in [-0.39, 0.29) is 17.7 Å². The largest absolute Gasteiger partial charge is 0.462 e. The van der Waals surface area contributed by atoms with Crippen LogP contribution in [0.15, 0.2) is 18.5 Å². The van der Waals surface area contributed by atoms with Crippen LogP contribution in [0.3, 0.4) is 0 Å². The molecular weight excluding hydrogens is 192 g/mol. The highest BCUT2D eigenvalue weighted by Crippen LogP contribution is 2.18. The van der Waals surface area contributed by atoms with E-state index in [1.807, 2.05) is 0 Å². The van der Waals surface area contributed by atoms with Gasteiger partial charge in [0.15, 0.2) is 0 Å². The third-order valence-corrected chi connectivity index (χ3v) is 1.52. The van der Waals surface area contributed by atoms with Gasteiger partial charge in [-0.2, -0.15) is 0 Å². The number of halogens is 2. The van der Waals surface area contributed by atoms with E-state index in [1.54, 1.807) is 6.92 Å². The summed E-state index contributed by atoms with van der Waals surface area (Å²) in [7, 11) is 0. The van der Waals surface area contributed by atoms with E-state index in [2.05, 4.69) is 9.72 Å². The molecule has 1 aromatic heterocycles. The molecule has 0 fully saturated rings. The van der Waals surface area contributed by atoms with Crippen LogP contribution in [0, 0.1) is 0 Å². The lowest BCUT2D eigenvalue weighted by molar-refractivity contribution is 0.0525. The summed E-state index contributed by atoms with van der Waals surface area (Å²) in [6.45, 7) is 1.85. The summed E-state index contributed by atoms with van der Waals surface area (Å²) in [6.07, 6.45) is -0.408. The molecular formula is C9H9F2NO2. The lowest BCUT2D eigenvalue weighted by atomic mass is 10.2. The number of hydrogen-bond donors (Lipinski definition) is 0. The molecule has 0 unspecified atom stereocenters. The van der Waals surface area contributed by atoms with Crippen LogP contribution < -0.4 is 0 Å². The molecule has 0 aliphatic rings. The summed E-state index contributed by atoms with van der Waals surface area (Å²) in [4.78, 5) is 14.6. The molecule has 1 aromatic rings. The summed E-state index contributed by atoms with van der Waals surface area (Å²) in [5.74, 6) is -0.637. The maximum absolute atomic E-state index is 12.2. The summed E-state index contributed by atoms with van der Waals surface area (Å²) in [5.41, 5.74) is -0.236. The lowest BCUT2D eigenvalue weighted by Crippen LogP contribution is -2.05. The van der Waals surface area contributed by atoms with Gasteiger partial charge in [-0.15, -0.1) is 0 Å². The van der Waals surface area contributed by atoms with Gasteiger partial charge >= 0.3 is 5.97 Å². The van der Waals surface area contributed by atoms with Crippen LogP contribution in [0.2, 0.25) is 0 Å². The van der Waals surface area contributed by atoms with E-state index < -0.39 is 12.4 Å². The molecule has 0 spiro atoms. The number of esters is 1. The van der Waals surface area contributed by atoms with Crippen molar-refractivity contribution in [3.63, 3.8) is 0 Å². The SMILES string of the molecule is CCOC(=O)c1cncc(C(F)F)c1. The number of rotatable bonds is 3. The minimum absolute atomic E-state index is 0.0460. The Morgan fingerprint density at radius 1 is 1.57 bits per heavy atom. The number of alkyl halides is 2. The van der Waals surface area contributed by atoms with Crippen LogP contribution in [-0.2, 0) is 4.74 Å². The number of hydrogen-bond acceptors (Lipinski definition) is 3. The third kappa shape index (κ3) is 2.48. The number of ether oxygens (including phenoxy) is 1. The van der Waals surface area contributed by atoms with Gasteiger partial charge in [0, 0.05) is 18.0 Å². The average molecular weight is 201 g/mol. The standard InChI is InChI=1S/C9H9F2NO2/c1-2-14-9(13)7-3-6(8(10)11)4-12-5-7/h3-5,8H,2H2,1H3. The van der Waals surface area contributed by atoms with Gasteiger partial charge in [0.2, 0.25) is 0 Å². The maximum Gasteiger partial charge on any atom is 0.339 e. The summed E-state index contributed by atoms with van der Waals surface area (Å²) in [5, 5.41) is 0. The van der Waals surface area contributed by atoms with E-state index in [0.717, 1.165) is 12.3 Å². The highest BCUT2D eigenvalue weighted by atomic mass is 19.3. The first-order valence-corrected chi connectivity index (χ1v) is 4.05. The van der Waals surface area contributed by atoms with Gasteiger partial charge in [-0.05, 0) is 13.0 Å².